The zero-order valence-corrected chi connectivity index (χ0v) is 10.8. The highest BCUT2D eigenvalue weighted by molar-refractivity contribution is 5.87. The Hall–Kier alpha value is -2.75. The van der Waals surface area contributed by atoms with Crippen molar-refractivity contribution < 1.29 is 19.4 Å². The summed E-state index contributed by atoms with van der Waals surface area (Å²) in [6.07, 6.45) is 0. The molecule has 2 aromatic carbocycles. The normalized spacial score (nSPS) is 10.7. The molecule has 0 aliphatic heterocycles. The van der Waals surface area contributed by atoms with E-state index in [1.807, 2.05) is 24.3 Å². The van der Waals surface area contributed by atoms with Gasteiger partial charge >= 0.3 is 11.3 Å². The molecule has 0 saturated heterocycles. The summed E-state index contributed by atoms with van der Waals surface area (Å²) in [7, 11) is 1.62. The summed E-state index contributed by atoms with van der Waals surface area (Å²) >= 11 is 0. The highest BCUT2D eigenvalue weighted by atomic mass is 16.5. The van der Waals surface area contributed by atoms with Crippen LogP contribution in [0.1, 0.15) is 0 Å². The van der Waals surface area contributed by atoms with Crippen LogP contribution in [-0.4, -0.2) is 17.3 Å². The number of phenolic OH excluding ortho intramolecular Hbond substituents is 2. The molecule has 0 radical (unpaired) electrons. The van der Waals surface area contributed by atoms with Crippen LogP contribution in [-0.2, 0) is 0 Å². The van der Waals surface area contributed by atoms with E-state index in [1.54, 1.807) is 25.3 Å². The van der Waals surface area contributed by atoms with E-state index in [1.165, 1.54) is 6.07 Å². The first-order valence-corrected chi connectivity index (χ1v) is 6.11. The van der Waals surface area contributed by atoms with Crippen LogP contribution >= 0.6 is 0 Å². The highest BCUT2D eigenvalue weighted by Crippen LogP contribution is 2.35. The first kappa shape index (κ1) is 12.3. The molecule has 0 fully saturated rings. The van der Waals surface area contributed by atoms with E-state index in [-0.39, 0.29) is 11.5 Å². The quantitative estimate of drug-likeness (QED) is 0.548. The van der Waals surface area contributed by atoms with Crippen molar-refractivity contribution in [3.8, 4) is 28.6 Å². The van der Waals surface area contributed by atoms with Gasteiger partial charge in [-0.25, -0.2) is 4.42 Å². The average Bonchev–Trinajstić information content (AvgIpc) is 2.51. The van der Waals surface area contributed by atoms with E-state index in [0.717, 1.165) is 11.3 Å². The van der Waals surface area contributed by atoms with Crippen molar-refractivity contribution in [3.63, 3.8) is 0 Å². The van der Waals surface area contributed by atoms with E-state index in [4.69, 9.17) is 9.15 Å². The Labute approximate surface area is 115 Å². The monoisotopic (exact) mass is 269 g/mol. The zero-order valence-electron chi connectivity index (χ0n) is 10.8. The number of phenols is 2. The van der Waals surface area contributed by atoms with Gasteiger partial charge < -0.3 is 14.9 Å². The van der Waals surface area contributed by atoms with Gasteiger partial charge in [0.25, 0.3) is 0 Å². The number of methoxy groups -OCH3 is 1. The molecule has 4 nitrogen and oxygen atoms in total. The molecule has 0 aliphatic carbocycles. The molecule has 0 unspecified atom stereocenters. The molecule has 3 rings (SSSR count). The van der Waals surface area contributed by atoms with E-state index in [2.05, 4.69) is 0 Å². The Morgan fingerprint density at radius 1 is 0.900 bits per heavy atom. The molecule has 0 saturated carbocycles. The van der Waals surface area contributed by atoms with Gasteiger partial charge in [-0.1, -0.05) is 0 Å². The number of aromatic hydroxyl groups is 2. The minimum absolute atomic E-state index is 0.162. The van der Waals surface area contributed by atoms with Gasteiger partial charge in [0.2, 0.25) is 0 Å². The number of hydrogen-bond acceptors (Lipinski definition) is 3. The Kier molecular flexibility index (Phi) is 2.91. The molecule has 1 heterocycles. The van der Waals surface area contributed by atoms with Crippen molar-refractivity contribution in [2.75, 3.05) is 7.11 Å². The van der Waals surface area contributed by atoms with Crippen molar-refractivity contribution >= 4 is 11.0 Å². The van der Waals surface area contributed by atoms with Crippen LogP contribution in [0.2, 0.25) is 0 Å². The second kappa shape index (κ2) is 4.74. The molecule has 0 amide bonds. The Balaban J connectivity index is 2.10. The van der Waals surface area contributed by atoms with Crippen molar-refractivity contribution in [1.29, 1.82) is 0 Å². The largest absolute Gasteiger partial charge is 0.504 e. The third-order valence-corrected chi connectivity index (χ3v) is 3.15. The Bertz CT molecular complexity index is 763. The molecule has 0 aliphatic rings. The Morgan fingerprint density at radius 3 is 2.35 bits per heavy atom. The van der Waals surface area contributed by atoms with Gasteiger partial charge in [-0.05, 0) is 36.4 Å². The van der Waals surface area contributed by atoms with Gasteiger partial charge in [-0.2, -0.15) is 0 Å². The van der Waals surface area contributed by atoms with Crippen molar-refractivity contribution in [2.24, 2.45) is 0 Å². The fourth-order valence-corrected chi connectivity index (χ4v) is 2.05. The van der Waals surface area contributed by atoms with Crippen molar-refractivity contribution in [1.82, 2.24) is 0 Å². The van der Waals surface area contributed by atoms with E-state index < -0.39 is 0 Å². The van der Waals surface area contributed by atoms with E-state index in [0.29, 0.717) is 16.7 Å². The summed E-state index contributed by atoms with van der Waals surface area (Å²) in [5.41, 5.74) is 1.41. The molecule has 0 bridgehead atoms. The highest BCUT2D eigenvalue weighted by Gasteiger charge is 2.18. The molecular weight excluding hydrogens is 256 g/mol. The predicted molar refractivity (Wildman–Crippen MR) is 75.9 cm³/mol. The molecule has 0 spiro atoms. The first-order chi connectivity index (χ1) is 9.69. The van der Waals surface area contributed by atoms with E-state index >= 15 is 0 Å². The fraction of sp³-hybridized carbons (Fsp3) is 0.0625. The van der Waals surface area contributed by atoms with Crippen LogP contribution in [0.4, 0.5) is 0 Å². The number of ether oxygens (including phenoxy) is 1. The van der Waals surface area contributed by atoms with Crippen LogP contribution < -0.4 is 4.74 Å². The number of hydrogen-bond donors (Lipinski definition) is 2. The number of benzene rings is 2. The minimum Gasteiger partial charge on any atom is -0.504 e. The third-order valence-electron chi connectivity index (χ3n) is 3.15. The van der Waals surface area contributed by atoms with Gasteiger partial charge in [-0.3, -0.25) is 0 Å². The van der Waals surface area contributed by atoms with Crippen molar-refractivity contribution in [2.45, 2.75) is 0 Å². The lowest BCUT2D eigenvalue weighted by atomic mass is 10.1. The fourth-order valence-electron chi connectivity index (χ4n) is 2.05. The smallest absolute Gasteiger partial charge is 0.364 e. The second-order valence-electron chi connectivity index (χ2n) is 4.37. The maximum atomic E-state index is 9.76. The maximum Gasteiger partial charge on any atom is 0.364 e. The van der Waals surface area contributed by atoms with E-state index in [9.17, 15) is 10.2 Å². The lowest BCUT2D eigenvalue weighted by Gasteiger charge is -1.99. The average molecular weight is 269 g/mol. The lowest BCUT2D eigenvalue weighted by Crippen LogP contribution is -1.83. The molecular formula is C16H13O4+. The number of fused-ring (bicyclic) bond motifs is 1. The summed E-state index contributed by atoms with van der Waals surface area (Å²) < 4.78 is 10.9. The summed E-state index contributed by atoms with van der Waals surface area (Å²) in [4.78, 5) is 0. The van der Waals surface area contributed by atoms with Gasteiger partial charge in [0, 0.05) is 12.1 Å². The summed E-state index contributed by atoms with van der Waals surface area (Å²) in [6, 6.07) is 14.0. The zero-order chi connectivity index (χ0) is 14.1. The second-order valence-corrected chi connectivity index (χ2v) is 4.37. The van der Waals surface area contributed by atoms with Crippen LogP contribution in [0.3, 0.4) is 0 Å². The molecule has 2 N–H and O–H groups in total. The topological polar surface area (TPSA) is 61.0 Å². The third kappa shape index (κ3) is 2.01. The van der Waals surface area contributed by atoms with Gasteiger partial charge in [-0.15, -0.1) is 0 Å². The van der Waals surface area contributed by atoms with Gasteiger partial charge in [0.15, 0.2) is 11.5 Å². The molecule has 4 heteroatoms. The minimum atomic E-state index is -0.174. The first-order valence-electron chi connectivity index (χ1n) is 6.11. The lowest BCUT2D eigenvalue weighted by molar-refractivity contribution is 0.407. The maximum absolute atomic E-state index is 9.76. The summed E-state index contributed by atoms with van der Waals surface area (Å²) in [5, 5.41) is 19.7. The summed E-state index contributed by atoms with van der Waals surface area (Å²) in [5.74, 6) is 1.11. The molecule has 0 atom stereocenters. The molecule has 20 heavy (non-hydrogen) atoms. The SMILES string of the molecule is COc1ccc(-c2ccc3c(O)c(O)ccc3[o+]2)cc1. The van der Waals surface area contributed by atoms with Crippen LogP contribution in [0, 0.1) is 0 Å². The number of rotatable bonds is 2. The standard InChI is InChI=1S/C16H12O4/c1-19-11-4-2-10(3-5-11)14-8-6-12-15(20-14)9-7-13(17)16(12)18/h2-9H,1H3,(H-,17,18)/p+1. The van der Waals surface area contributed by atoms with Crippen LogP contribution in [0.25, 0.3) is 22.3 Å². The summed E-state index contributed by atoms with van der Waals surface area (Å²) in [6.45, 7) is 0. The van der Waals surface area contributed by atoms with Crippen LogP contribution in [0.5, 0.6) is 17.2 Å². The van der Waals surface area contributed by atoms with Crippen molar-refractivity contribution in [3.05, 3.63) is 48.5 Å². The van der Waals surface area contributed by atoms with Gasteiger partial charge in [0.05, 0.1) is 12.7 Å². The van der Waals surface area contributed by atoms with Gasteiger partial charge in [0.1, 0.15) is 11.1 Å². The molecule has 100 valence electrons. The van der Waals surface area contributed by atoms with Crippen LogP contribution in [0.15, 0.2) is 52.9 Å². The Morgan fingerprint density at radius 2 is 1.65 bits per heavy atom. The molecule has 1 aromatic heterocycles. The molecule has 3 aromatic rings. The predicted octanol–water partition coefficient (Wildman–Crippen LogP) is 3.80.